The highest BCUT2D eigenvalue weighted by molar-refractivity contribution is 4.93. The van der Waals surface area contributed by atoms with E-state index in [4.69, 9.17) is 0 Å². The van der Waals surface area contributed by atoms with Crippen molar-refractivity contribution >= 4 is 0 Å². The van der Waals surface area contributed by atoms with Gasteiger partial charge in [0.25, 0.3) is 0 Å². The van der Waals surface area contributed by atoms with E-state index in [-0.39, 0.29) is 0 Å². The molecule has 3 fully saturated rings. The molecule has 0 N–H and O–H groups in total. The lowest BCUT2D eigenvalue weighted by molar-refractivity contribution is -0.0269. The molecule has 0 spiro atoms. The van der Waals surface area contributed by atoms with E-state index in [1.54, 1.807) is 0 Å². The molecule has 3 rings (SSSR count). The quantitative estimate of drug-likeness (QED) is 0.727. The number of hydrogen-bond acceptors (Lipinski definition) is 2. The standard InChI is InChI=1S/C15H28N2/c1-12-10-16-9-4-3-8-15(16)11-17(12)13(2)14-6-5-7-14/h12-15H,3-11H2,1-2H3. The van der Waals surface area contributed by atoms with Crippen LogP contribution in [0.4, 0.5) is 0 Å². The fraction of sp³-hybridized carbons (Fsp3) is 1.00. The average Bonchev–Trinajstić information content (AvgIpc) is 2.25. The molecule has 98 valence electrons. The molecule has 2 aliphatic heterocycles. The number of rotatable bonds is 2. The van der Waals surface area contributed by atoms with E-state index in [0.717, 1.165) is 24.0 Å². The molecule has 3 aliphatic rings. The van der Waals surface area contributed by atoms with Crippen LogP contribution >= 0.6 is 0 Å². The first kappa shape index (κ1) is 12.0. The van der Waals surface area contributed by atoms with Gasteiger partial charge in [0.05, 0.1) is 0 Å². The lowest BCUT2D eigenvalue weighted by atomic mass is 9.79. The van der Waals surface area contributed by atoms with E-state index in [0.29, 0.717) is 0 Å². The molecule has 0 aromatic rings. The molecule has 0 bridgehead atoms. The molecule has 2 nitrogen and oxygen atoms in total. The Bertz CT molecular complexity index is 262. The normalized spacial score (nSPS) is 38.5. The van der Waals surface area contributed by atoms with Crippen LogP contribution in [0.2, 0.25) is 0 Å². The molecule has 3 atom stereocenters. The van der Waals surface area contributed by atoms with Crippen LogP contribution in [-0.2, 0) is 0 Å². The summed E-state index contributed by atoms with van der Waals surface area (Å²) in [5, 5.41) is 0. The van der Waals surface area contributed by atoms with Crippen molar-refractivity contribution in [1.29, 1.82) is 0 Å². The summed E-state index contributed by atoms with van der Waals surface area (Å²) >= 11 is 0. The maximum absolute atomic E-state index is 2.83. The smallest absolute Gasteiger partial charge is 0.0224 e. The molecule has 0 aromatic carbocycles. The van der Waals surface area contributed by atoms with Gasteiger partial charge in [0, 0.05) is 31.2 Å². The van der Waals surface area contributed by atoms with E-state index < -0.39 is 0 Å². The average molecular weight is 236 g/mol. The van der Waals surface area contributed by atoms with Gasteiger partial charge in [-0.2, -0.15) is 0 Å². The summed E-state index contributed by atoms with van der Waals surface area (Å²) in [6.45, 7) is 8.96. The Morgan fingerprint density at radius 2 is 1.82 bits per heavy atom. The van der Waals surface area contributed by atoms with E-state index >= 15 is 0 Å². The summed E-state index contributed by atoms with van der Waals surface area (Å²) in [6, 6.07) is 2.49. The Hall–Kier alpha value is -0.0800. The highest BCUT2D eigenvalue weighted by Crippen LogP contribution is 2.35. The van der Waals surface area contributed by atoms with Crippen LogP contribution in [0.5, 0.6) is 0 Å². The van der Waals surface area contributed by atoms with Crippen molar-refractivity contribution in [2.24, 2.45) is 5.92 Å². The monoisotopic (exact) mass is 236 g/mol. The van der Waals surface area contributed by atoms with Crippen molar-refractivity contribution in [2.75, 3.05) is 19.6 Å². The summed E-state index contributed by atoms with van der Waals surface area (Å²) in [5.41, 5.74) is 0. The highest BCUT2D eigenvalue weighted by Gasteiger charge is 2.38. The Balaban J connectivity index is 1.64. The summed E-state index contributed by atoms with van der Waals surface area (Å²) in [6.07, 6.45) is 8.79. The fourth-order valence-electron chi connectivity index (χ4n) is 4.14. The first-order chi connectivity index (χ1) is 8.25. The van der Waals surface area contributed by atoms with Crippen LogP contribution < -0.4 is 0 Å². The zero-order valence-corrected chi connectivity index (χ0v) is 11.6. The topological polar surface area (TPSA) is 6.48 Å². The summed E-state index contributed by atoms with van der Waals surface area (Å²) in [4.78, 5) is 5.59. The summed E-state index contributed by atoms with van der Waals surface area (Å²) in [5.74, 6) is 1.01. The third-order valence-electron chi connectivity index (χ3n) is 5.59. The van der Waals surface area contributed by atoms with E-state index in [9.17, 15) is 0 Å². The molecule has 0 aromatic heterocycles. The van der Waals surface area contributed by atoms with Gasteiger partial charge in [0.2, 0.25) is 0 Å². The first-order valence-electron chi connectivity index (χ1n) is 7.75. The second-order valence-corrected chi connectivity index (χ2v) is 6.62. The van der Waals surface area contributed by atoms with E-state index in [1.807, 2.05) is 0 Å². The second kappa shape index (κ2) is 4.89. The molecule has 2 heteroatoms. The lowest BCUT2D eigenvalue weighted by Crippen LogP contribution is -2.61. The molecule has 17 heavy (non-hydrogen) atoms. The molecule has 1 aliphatic carbocycles. The number of piperidine rings is 1. The molecular formula is C15H28N2. The van der Waals surface area contributed by atoms with Crippen LogP contribution in [0.1, 0.15) is 52.4 Å². The SMILES string of the molecule is CC1CN2CCCCC2CN1C(C)C1CCC1. The maximum Gasteiger partial charge on any atom is 0.0224 e. The number of nitrogens with zero attached hydrogens (tertiary/aromatic N) is 2. The van der Waals surface area contributed by atoms with Gasteiger partial charge in [0.1, 0.15) is 0 Å². The van der Waals surface area contributed by atoms with E-state index in [2.05, 4.69) is 23.6 Å². The molecule has 0 radical (unpaired) electrons. The molecule has 3 unspecified atom stereocenters. The zero-order valence-electron chi connectivity index (χ0n) is 11.6. The van der Waals surface area contributed by atoms with Gasteiger partial charge in [-0.15, -0.1) is 0 Å². The van der Waals surface area contributed by atoms with Crippen LogP contribution in [-0.4, -0.2) is 47.6 Å². The number of piperazine rings is 1. The van der Waals surface area contributed by atoms with Gasteiger partial charge in [-0.05, 0) is 52.0 Å². The van der Waals surface area contributed by atoms with E-state index in [1.165, 1.54) is 58.2 Å². The Morgan fingerprint density at radius 1 is 1.00 bits per heavy atom. The minimum atomic E-state index is 0.778. The van der Waals surface area contributed by atoms with Gasteiger partial charge >= 0.3 is 0 Å². The molecule has 1 saturated carbocycles. The van der Waals surface area contributed by atoms with Crippen molar-refractivity contribution < 1.29 is 0 Å². The predicted octanol–water partition coefficient (Wildman–Crippen LogP) is 2.73. The third-order valence-corrected chi connectivity index (χ3v) is 5.59. The maximum atomic E-state index is 2.83. The third kappa shape index (κ3) is 2.26. The minimum Gasteiger partial charge on any atom is -0.298 e. The van der Waals surface area contributed by atoms with Crippen molar-refractivity contribution in [2.45, 2.75) is 70.5 Å². The molecular weight excluding hydrogens is 208 g/mol. The van der Waals surface area contributed by atoms with Crippen molar-refractivity contribution in [3.63, 3.8) is 0 Å². The fourth-order valence-corrected chi connectivity index (χ4v) is 4.14. The van der Waals surface area contributed by atoms with Crippen LogP contribution in [0, 0.1) is 5.92 Å². The number of fused-ring (bicyclic) bond motifs is 1. The molecule has 2 saturated heterocycles. The van der Waals surface area contributed by atoms with Crippen LogP contribution in [0.3, 0.4) is 0 Å². The van der Waals surface area contributed by atoms with Crippen LogP contribution in [0.25, 0.3) is 0 Å². The lowest BCUT2D eigenvalue weighted by Gasteiger charge is -2.51. The van der Waals surface area contributed by atoms with Crippen molar-refractivity contribution in [3.8, 4) is 0 Å². The summed E-state index contributed by atoms with van der Waals surface area (Å²) < 4.78 is 0. The number of hydrogen-bond donors (Lipinski definition) is 0. The van der Waals surface area contributed by atoms with Gasteiger partial charge in [0.15, 0.2) is 0 Å². The Kier molecular flexibility index (Phi) is 3.45. The first-order valence-corrected chi connectivity index (χ1v) is 7.75. The van der Waals surface area contributed by atoms with Gasteiger partial charge < -0.3 is 0 Å². The van der Waals surface area contributed by atoms with Gasteiger partial charge in [-0.1, -0.05) is 12.8 Å². The Labute approximate surface area is 106 Å². The molecule has 2 heterocycles. The zero-order chi connectivity index (χ0) is 11.8. The van der Waals surface area contributed by atoms with Gasteiger partial charge in [-0.25, -0.2) is 0 Å². The van der Waals surface area contributed by atoms with Crippen LogP contribution in [0.15, 0.2) is 0 Å². The van der Waals surface area contributed by atoms with Gasteiger partial charge in [-0.3, -0.25) is 9.80 Å². The van der Waals surface area contributed by atoms with Crippen molar-refractivity contribution in [1.82, 2.24) is 9.80 Å². The second-order valence-electron chi connectivity index (χ2n) is 6.62. The summed E-state index contributed by atoms with van der Waals surface area (Å²) in [7, 11) is 0. The Morgan fingerprint density at radius 3 is 2.53 bits per heavy atom. The van der Waals surface area contributed by atoms with Crippen molar-refractivity contribution in [3.05, 3.63) is 0 Å². The largest absolute Gasteiger partial charge is 0.298 e. The predicted molar refractivity (Wildman–Crippen MR) is 72.2 cm³/mol. The minimum absolute atomic E-state index is 0.778. The molecule has 0 amide bonds. The highest BCUT2D eigenvalue weighted by atomic mass is 15.3.